The molecule has 4 aliphatic rings. The number of ether oxygens (including phenoxy) is 1. The quantitative estimate of drug-likeness (QED) is 0.265. The Kier molecular flexibility index (Phi) is 7.94. The number of carbonyl (C=O) groups is 1. The van der Waals surface area contributed by atoms with E-state index in [0.717, 1.165) is 30.7 Å². The van der Waals surface area contributed by atoms with Crippen molar-refractivity contribution in [1.82, 2.24) is 44.4 Å². The van der Waals surface area contributed by atoms with Crippen LogP contribution >= 0.6 is 22.9 Å². The maximum atomic E-state index is 16.9. The van der Waals surface area contributed by atoms with Crippen molar-refractivity contribution in [2.24, 2.45) is 0 Å². The summed E-state index contributed by atoms with van der Waals surface area (Å²) in [4.78, 5) is 38.5. The molecular formula is C33H33ClF3N11O2S. The van der Waals surface area contributed by atoms with Gasteiger partial charge >= 0.3 is 12.0 Å². The lowest BCUT2D eigenvalue weighted by Gasteiger charge is -2.48. The largest absolute Gasteiger partial charge is 0.461 e. The van der Waals surface area contributed by atoms with E-state index in [1.165, 1.54) is 29.5 Å². The van der Waals surface area contributed by atoms with Gasteiger partial charge in [0.2, 0.25) is 0 Å². The van der Waals surface area contributed by atoms with E-state index in [4.69, 9.17) is 27.1 Å². The number of fused-ring (bicyclic) bond motifs is 3. The van der Waals surface area contributed by atoms with E-state index in [9.17, 15) is 13.6 Å². The van der Waals surface area contributed by atoms with Crippen LogP contribution in [0.4, 0.5) is 28.9 Å². The number of anilines is 2. The summed E-state index contributed by atoms with van der Waals surface area (Å²) in [5.41, 5.74) is 5.98. The molecule has 2 N–H and O–H groups in total. The SMILES string of the molecule is Nc1nc2c(-c3c(Cl)cc4c(N5CC(N6CCN(C(=O)n7cncn7)CC6)C5)nc(OC[C@@]56CCCN5C[C@H](F)C6)nc4c3F)ccc(F)c2s1. The van der Waals surface area contributed by atoms with Crippen LogP contribution in [-0.4, -0.2) is 127 Å². The van der Waals surface area contributed by atoms with Gasteiger partial charge in [0.15, 0.2) is 10.9 Å². The Balaban J connectivity index is 1.03. The molecule has 2 atom stereocenters. The van der Waals surface area contributed by atoms with E-state index in [1.54, 1.807) is 11.0 Å². The molecular weight excluding hydrogens is 707 g/mol. The molecule has 2 aromatic carbocycles. The molecule has 0 bridgehead atoms. The number of thiazole rings is 1. The maximum Gasteiger partial charge on any atom is 0.346 e. The van der Waals surface area contributed by atoms with E-state index < -0.39 is 23.3 Å². The first-order chi connectivity index (χ1) is 24.7. The first-order valence-corrected chi connectivity index (χ1v) is 18.1. The van der Waals surface area contributed by atoms with E-state index in [2.05, 4.69) is 29.9 Å². The molecule has 0 radical (unpaired) electrons. The lowest BCUT2D eigenvalue weighted by Crippen LogP contribution is -2.64. The zero-order valence-corrected chi connectivity index (χ0v) is 28.9. The molecule has 0 saturated carbocycles. The molecule has 4 aliphatic heterocycles. The van der Waals surface area contributed by atoms with Gasteiger partial charge in [-0.15, -0.1) is 0 Å². The number of halogens is 4. The third-order valence-electron chi connectivity index (χ3n) is 10.7. The zero-order valence-electron chi connectivity index (χ0n) is 27.3. The monoisotopic (exact) mass is 739 g/mol. The van der Waals surface area contributed by atoms with Crippen LogP contribution in [-0.2, 0) is 0 Å². The third kappa shape index (κ3) is 5.52. The maximum absolute atomic E-state index is 16.9. The lowest BCUT2D eigenvalue weighted by atomic mass is 9.95. The Labute approximate surface area is 298 Å². The van der Waals surface area contributed by atoms with Crippen molar-refractivity contribution in [3.8, 4) is 17.1 Å². The molecule has 18 heteroatoms. The fourth-order valence-corrected chi connectivity index (χ4v) is 9.20. The second-order valence-corrected chi connectivity index (χ2v) is 15.1. The summed E-state index contributed by atoms with van der Waals surface area (Å²) in [5.74, 6) is -0.767. The summed E-state index contributed by atoms with van der Waals surface area (Å²) >= 11 is 7.80. The molecule has 5 aromatic rings. The standard InChI is InChI=1S/C33H33ClF3N11O2S/c34-22-10-21-26(25(37)24(22)20-2-3-23(36)28-27(20)41-30(38)51-28)42-31(50-15-33-4-1-5-47(33)12-18(35)11-33)43-29(21)46-13-19(14-46)44-6-8-45(9-7-44)32(49)48-17-39-16-40-48/h2-3,10,16-19H,1,4-9,11-15H2,(H2,38,41)/t18-,33+/m1/s1. The van der Waals surface area contributed by atoms with Gasteiger partial charge in [0.05, 0.1) is 20.8 Å². The van der Waals surface area contributed by atoms with Gasteiger partial charge in [0.1, 0.15) is 42.6 Å². The topological polar surface area (TPSA) is 135 Å². The lowest BCUT2D eigenvalue weighted by molar-refractivity contribution is 0.0940. The highest BCUT2D eigenvalue weighted by Gasteiger charge is 2.49. The van der Waals surface area contributed by atoms with Crippen LogP contribution in [0.15, 0.2) is 30.9 Å². The van der Waals surface area contributed by atoms with Crippen LogP contribution in [0, 0.1) is 11.6 Å². The summed E-state index contributed by atoms with van der Waals surface area (Å²) < 4.78 is 53.8. The Morgan fingerprint density at radius 3 is 2.69 bits per heavy atom. The van der Waals surface area contributed by atoms with Gasteiger partial charge in [0.25, 0.3) is 0 Å². The van der Waals surface area contributed by atoms with Gasteiger partial charge in [-0.2, -0.15) is 19.7 Å². The number of benzene rings is 2. The molecule has 51 heavy (non-hydrogen) atoms. The van der Waals surface area contributed by atoms with Gasteiger partial charge in [0, 0.05) is 74.8 Å². The summed E-state index contributed by atoms with van der Waals surface area (Å²) in [6.45, 7) is 5.01. The number of nitrogens with two attached hydrogens (primary N) is 1. The Bertz CT molecular complexity index is 2160. The molecule has 0 unspecified atom stereocenters. The number of aromatic nitrogens is 6. The van der Waals surface area contributed by atoms with Crippen molar-refractivity contribution < 1.29 is 22.7 Å². The number of rotatable bonds is 6. The number of alkyl halides is 1. The van der Waals surface area contributed by atoms with Crippen LogP contribution in [0.25, 0.3) is 32.2 Å². The van der Waals surface area contributed by atoms with Gasteiger partial charge in [-0.05, 0) is 37.6 Å². The van der Waals surface area contributed by atoms with Crippen LogP contribution < -0.4 is 15.4 Å². The molecule has 0 aliphatic carbocycles. The fourth-order valence-electron chi connectivity index (χ4n) is 8.14. The molecule has 13 nitrogen and oxygen atoms in total. The molecule has 3 aromatic heterocycles. The number of amides is 1. The summed E-state index contributed by atoms with van der Waals surface area (Å²) in [6, 6.07) is 4.26. The third-order valence-corrected chi connectivity index (χ3v) is 11.9. The van der Waals surface area contributed by atoms with Crippen molar-refractivity contribution in [2.75, 3.05) is 69.6 Å². The summed E-state index contributed by atoms with van der Waals surface area (Å²) in [7, 11) is 0. The van der Waals surface area contributed by atoms with E-state index in [0.29, 0.717) is 63.4 Å². The summed E-state index contributed by atoms with van der Waals surface area (Å²) in [6.07, 6.45) is 3.90. The number of nitrogens with zero attached hydrogens (tertiary/aromatic N) is 10. The second-order valence-electron chi connectivity index (χ2n) is 13.7. The smallest absolute Gasteiger partial charge is 0.346 e. The molecule has 7 heterocycles. The fraction of sp³-hybridized carbons (Fsp3) is 0.455. The normalized spacial score (nSPS) is 23.0. The van der Waals surface area contributed by atoms with E-state index >= 15 is 4.39 Å². The Morgan fingerprint density at radius 2 is 1.90 bits per heavy atom. The average molecular weight is 740 g/mol. The predicted octanol–water partition coefficient (Wildman–Crippen LogP) is 4.44. The van der Waals surface area contributed by atoms with Crippen molar-refractivity contribution in [3.63, 3.8) is 0 Å². The highest BCUT2D eigenvalue weighted by Crippen LogP contribution is 2.44. The molecule has 0 spiro atoms. The van der Waals surface area contributed by atoms with Crippen molar-refractivity contribution in [3.05, 3.63) is 47.5 Å². The molecule has 1 amide bonds. The van der Waals surface area contributed by atoms with Crippen molar-refractivity contribution in [2.45, 2.75) is 37.0 Å². The van der Waals surface area contributed by atoms with E-state index in [1.807, 2.05) is 4.90 Å². The minimum Gasteiger partial charge on any atom is -0.461 e. The summed E-state index contributed by atoms with van der Waals surface area (Å²) in [5, 5.41) is 4.58. The first-order valence-electron chi connectivity index (χ1n) is 16.9. The van der Waals surface area contributed by atoms with Crippen LogP contribution in [0.1, 0.15) is 19.3 Å². The number of nitrogen functional groups attached to an aromatic ring is 1. The molecule has 4 saturated heterocycles. The van der Waals surface area contributed by atoms with E-state index in [-0.39, 0.29) is 61.7 Å². The molecule has 4 fully saturated rings. The first kappa shape index (κ1) is 32.6. The molecule has 266 valence electrons. The van der Waals surface area contributed by atoms with Gasteiger partial charge in [-0.1, -0.05) is 22.9 Å². The minimum absolute atomic E-state index is 0.00525. The van der Waals surface area contributed by atoms with Crippen LogP contribution in [0.3, 0.4) is 0 Å². The number of piperazine rings is 1. The Morgan fingerprint density at radius 1 is 1.08 bits per heavy atom. The van der Waals surface area contributed by atoms with Crippen LogP contribution in [0.5, 0.6) is 6.01 Å². The minimum atomic E-state index is -0.933. The van der Waals surface area contributed by atoms with Gasteiger partial charge < -0.3 is 20.3 Å². The zero-order chi connectivity index (χ0) is 35.0. The Hall–Kier alpha value is -4.32. The highest BCUT2D eigenvalue weighted by molar-refractivity contribution is 7.22. The van der Waals surface area contributed by atoms with Crippen molar-refractivity contribution in [1.29, 1.82) is 0 Å². The van der Waals surface area contributed by atoms with Crippen molar-refractivity contribution >= 4 is 61.0 Å². The predicted molar refractivity (Wildman–Crippen MR) is 186 cm³/mol. The average Bonchev–Trinajstić information content (AvgIpc) is 3.89. The number of hydrogen-bond acceptors (Lipinski definition) is 12. The second kappa shape index (κ2) is 12.4. The number of hydrogen-bond donors (Lipinski definition) is 1. The van der Waals surface area contributed by atoms with Crippen LogP contribution in [0.2, 0.25) is 5.02 Å². The molecule has 9 rings (SSSR count). The highest BCUT2D eigenvalue weighted by atomic mass is 35.5. The van der Waals surface area contributed by atoms with Gasteiger partial charge in [-0.25, -0.2) is 27.9 Å². The number of carbonyl (C=O) groups excluding carboxylic acids is 1. The van der Waals surface area contributed by atoms with Gasteiger partial charge in [-0.3, -0.25) is 9.80 Å².